The predicted molar refractivity (Wildman–Crippen MR) is 55.6 cm³/mol. The summed E-state index contributed by atoms with van der Waals surface area (Å²) >= 11 is 0. The molecule has 68 valence electrons. The summed E-state index contributed by atoms with van der Waals surface area (Å²) in [6.45, 7) is 5.94. The topological polar surface area (TPSA) is 25.8 Å². The fourth-order valence-electron chi connectivity index (χ4n) is 1.09. The summed E-state index contributed by atoms with van der Waals surface area (Å²) in [5.41, 5.74) is 1.92. The summed E-state index contributed by atoms with van der Waals surface area (Å²) in [6, 6.07) is 10.00. The summed E-state index contributed by atoms with van der Waals surface area (Å²) in [5.74, 6) is 0. The van der Waals surface area contributed by atoms with Crippen molar-refractivity contribution in [2.24, 2.45) is 0 Å². The molecule has 0 saturated carbocycles. The van der Waals surface area contributed by atoms with Gasteiger partial charge in [0.1, 0.15) is 0 Å². The van der Waals surface area contributed by atoms with Crippen LogP contribution in [0.1, 0.15) is 19.5 Å². The minimum Gasteiger partial charge on any atom is -0.155 e. The zero-order valence-electron chi connectivity index (χ0n) is 8.28. The maximum absolute atomic E-state index is 4.03. The molecular formula is C11H14N2. The van der Waals surface area contributed by atoms with Gasteiger partial charge in [0.15, 0.2) is 0 Å². The van der Waals surface area contributed by atoms with E-state index in [9.17, 15) is 0 Å². The van der Waals surface area contributed by atoms with Crippen LogP contribution in [0.15, 0.2) is 30.3 Å². The summed E-state index contributed by atoms with van der Waals surface area (Å²) in [7, 11) is 0. The zero-order valence-corrected chi connectivity index (χ0v) is 8.28. The molecule has 1 aromatic carbocycles. The van der Waals surface area contributed by atoms with E-state index in [2.05, 4.69) is 10.2 Å². The van der Waals surface area contributed by atoms with Crippen molar-refractivity contribution >= 4 is 10.9 Å². The summed E-state index contributed by atoms with van der Waals surface area (Å²) < 4.78 is 0. The Balaban J connectivity index is 0.000000396. The monoisotopic (exact) mass is 174 g/mol. The summed E-state index contributed by atoms with van der Waals surface area (Å²) in [4.78, 5) is 0. The highest BCUT2D eigenvalue weighted by atomic mass is 15.1. The lowest BCUT2D eigenvalue weighted by molar-refractivity contribution is 1.02. The molecule has 0 unspecified atom stereocenters. The highest BCUT2D eigenvalue weighted by Crippen LogP contribution is 2.09. The van der Waals surface area contributed by atoms with Gasteiger partial charge in [-0.2, -0.15) is 10.2 Å². The number of benzene rings is 1. The fraction of sp³-hybridized carbons (Fsp3) is 0.273. The van der Waals surface area contributed by atoms with E-state index in [0.29, 0.717) is 0 Å². The molecule has 2 aromatic rings. The van der Waals surface area contributed by atoms with Gasteiger partial charge in [0.05, 0.1) is 11.2 Å². The lowest BCUT2D eigenvalue weighted by Gasteiger charge is -1.94. The van der Waals surface area contributed by atoms with Crippen LogP contribution in [0, 0.1) is 6.92 Å². The summed E-state index contributed by atoms with van der Waals surface area (Å²) in [5, 5.41) is 9.14. The molecule has 2 nitrogen and oxygen atoms in total. The molecule has 0 aliphatic heterocycles. The number of aromatic nitrogens is 2. The average Bonchev–Trinajstić information content (AvgIpc) is 2.21. The molecule has 0 saturated heterocycles. The van der Waals surface area contributed by atoms with Gasteiger partial charge in [-0.25, -0.2) is 0 Å². The Bertz CT molecular complexity index is 383. The SMILES string of the molecule is CC.Cc1cc2ccccc2nn1. The van der Waals surface area contributed by atoms with Crippen LogP contribution in [0.3, 0.4) is 0 Å². The molecule has 0 aliphatic carbocycles. The molecule has 0 amide bonds. The first kappa shape index (κ1) is 9.65. The van der Waals surface area contributed by atoms with Crippen LogP contribution in [0.4, 0.5) is 0 Å². The standard InChI is InChI=1S/C9H8N2.C2H6/c1-7-6-8-4-2-3-5-9(8)11-10-7;1-2/h2-6H,1H3;1-2H3. The van der Waals surface area contributed by atoms with Crippen molar-refractivity contribution < 1.29 is 0 Å². The number of hydrogen-bond acceptors (Lipinski definition) is 2. The third-order valence-electron chi connectivity index (χ3n) is 1.62. The quantitative estimate of drug-likeness (QED) is 0.613. The van der Waals surface area contributed by atoms with Gasteiger partial charge in [-0.05, 0) is 19.1 Å². The van der Waals surface area contributed by atoms with Gasteiger partial charge in [-0.1, -0.05) is 32.0 Å². The second-order valence-electron chi connectivity index (χ2n) is 2.54. The highest BCUT2D eigenvalue weighted by molar-refractivity contribution is 5.77. The van der Waals surface area contributed by atoms with E-state index in [1.807, 2.05) is 51.1 Å². The largest absolute Gasteiger partial charge is 0.155 e. The molecular weight excluding hydrogens is 160 g/mol. The molecule has 0 bridgehead atoms. The first-order valence-corrected chi connectivity index (χ1v) is 4.55. The predicted octanol–water partition coefficient (Wildman–Crippen LogP) is 2.96. The summed E-state index contributed by atoms with van der Waals surface area (Å²) in [6.07, 6.45) is 0. The number of rotatable bonds is 0. The van der Waals surface area contributed by atoms with Crippen LogP contribution in [0.25, 0.3) is 10.9 Å². The van der Waals surface area contributed by atoms with Crippen LogP contribution in [-0.4, -0.2) is 10.2 Å². The minimum atomic E-state index is 0.957. The van der Waals surface area contributed by atoms with E-state index < -0.39 is 0 Å². The Labute approximate surface area is 78.6 Å². The van der Waals surface area contributed by atoms with E-state index in [1.165, 1.54) is 0 Å². The molecule has 0 atom stereocenters. The molecule has 13 heavy (non-hydrogen) atoms. The fourth-order valence-corrected chi connectivity index (χ4v) is 1.09. The van der Waals surface area contributed by atoms with Crippen molar-refractivity contribution in [3.05, 3.63) is 36.0 Å². The van der Waals surface area contributed by atoms with Gasteiger partial charge in [-0.15, -0.1) is 0 Å². The Morgan fingerprint density at radius 2 is 1.69 bits per heavy atom. The van der Waals surface area contributed by atoms with Gasteiger partial charge in [0, 0.05) is 5.39 Å². The van der Waals surface area contributed by atoms with E-state index in [1.54, 1.807) is 0 Å². The van der Waals surface area contributed by atoms with Crippen molar-refractivity contribution in [2.75, 3.05) is 0 Å². The van der Waals surface area contributed by atoms with Gasteiger partial charge < -0.3 is 0 Å². The highest BCUT2D eigenvalue weighted by Gasteiger charge is 1.92. The first-order valence-electron chi connectivity index (χ1n) is 4.55. The zero-order chi connectivity index (χ0) is 9.68. The molecule has 0 N–H and O–H groups in total. The second kappa shape index (κ2) is 4.55. The van der Waals surface area contributed by atoms with E-state index in [4.69, 9.17) is 0 Å². The number of aryl methyl sites for hydroxylation is 1. The maximum atomic E-state index is 4.03. The Morgan fingerprint density at radius 1 is 1.00 bits per heavy atom. The van der Waals surface area contributed by atoms with Gasteiger partial charge in [0.25, 0.3) is 0 Å². The number of fused-ring (bicyclic) bond motifs is 1. The van der Waals surface area contributed by atoms with Crippen molar-refractivity contribution in [3.63, 3.8) is 0 Å². The number of hydrogen-bond donors (Lipinski definition) is 0. The molecule has 2 rings (SSSR count). The van der Waals surface area contributed by atoms with Crippen LogP contribution in [-0.2, 0) is 0 Å². The average molecular weight is 174 g/mol. The van der Waals surface area contributed by atoms with Crippen LogP contribution in [0.2, 0.25) is 0 Å². The molecule has 0 aliphatic rings. The van der Waals surface area contributed by atoms with Crippen LogP contribution in [0.5, 0.6) is 0 Å². The second-order valence-corrected chi connectivity index (χ2v) is 2.54. The number of nitrogens with zero attached hydrogens (tertiary/aromatic N) is 2. The minimum absolute atomic E-state index is 0.957. The van der Waals surface area contributed by atoms with Gasteiger partial charge >= 0.3 is 0 Å². The Morgan fingerprint density at radius 3 is 2.46 bits per heavy atom. The molecule has 1 heterocycles. The molecule has 2 heteroatoms. The lowest BCUT2D eigenvalue weighted by atomic mass is 10.2. The van der Waals surface area contributed by atoms with E-state index in [-0.39, 0.29) is 0 Å². The van der Waals surface area contributed by atoms with Crippen LogP contribution < -0.4 is 0 Å². The molecule has 0 spiro atoms. The third-order valence-corrected chi connectivity index (χ3v) is 1.62. The Kier molecular flexibility index (Phi) is 3.38. The van der Waals surface area contributed by atoms with Crippen molar-refractivity contribution in [1.29, 1.82) is 0 Å². The Hall–Kier alpha value is -1.44. The van der Waals surface area contributed by atoms with Crippen LogP contribution >= 0.6 is 0 Å². The normalized spacial score (nSPS) is 9.15. The molecule has 0 radical (unpaired) electrons. The first-order chi connectivity index (χ1) is 6.36. The maximum Gasteiger partial charge on any atom is 0.0929 e. The van der Waals surface area contributed by atoms with Crippen molar-refractivity contribution in [3.8, 4) is 0 Å². The van der Waals surface area contributed by atoms with Crippen molar-refractivity contribution in [1.82, 2.24) is 10.2 Å². The lowest BCUT2D eigenvalue weighted by Crippen LogP contribution is -1.85. The smallest absolute Gasteiger partial charge is 0.0929 e. The van der Waals surface area contributed by atoms with Gasteiger partial charge in [0.2, 0.25) is 0 Å². The molecule has 1 aromatic heterocycles. The molecule has 0 fully saturated rings. The third kappa shape index (κ3) is 2.25. The van der Waals surface area contributed by atoms with E-state index in [0.717, 1.165) is 16.6 Å². The van der Waals surface area contributed by atoms with Crippen molar-refractivity contribution in [2.45, 2.75) is 20.8 Å². The van der Waals surface area contributed by atoms with E-state index >= 15 is 0 Å². The van der Waals surface area contributed by atoms with Gasteiger partial charge in [-0.3, -0.25) is 0 Å².